The zero-order valence-corrected chi connectivity index (χ0v) is 13.1. The van der Waals surface area contributed by atoms with Crippen molar-refractivity contribution in [2.24, 2.45) is 0 Å². The van der Waals surface area contributed by atoms with E-state index in [1.54, 1.807) is 17.0 Å². The fourth-order valence-electron chi connectivity index (χ4n) is 2.05. The summed E-state index contributed by atoms with van der Waals surface area (Å²) in [6.07, 6.45) is 0.0217. The Hall–Kier alpha value is -1.30. The van der Waals surface area contributed by atoms with E-state index in [1.165, 1.54) is 6.07 Å². The Morgan fingerprint density at radius 1 is 1.38 bits per heavy atom. The van der Waals surface area contributed by atoms with Crippen LogP contribution in [0.4, 0.5) is 0 Å². The topological polar surface area (TPSA) is 58.6 Å². The lowest BCUT2D eigenvalue weighted by molar-refractivity contribution is -0.137. The molecule has 1 aromatic rings. The number of nitrogens with zero attached hydrogens (tertiary/aromatic N) is 1. The molecule has 0 radical (unpaired) electrons. The minimum atomic E-state index is -0.358. The van der Waals surface area contributed by atoms with E-state index in [4.69, 9.17) is 27.9 Å². The summed E-state index contributed by atoms with van der Waals surface area (Å²) >= 11 is 11.6. The number of rotatable bonds is 3. The molecule has 7 heteroatoms. The summed E-state index contributed by atoms with van der Waals surface area (Å²) < 4.78 is 5.37. The molecule has 0 spiro atoms. The fourth-order valence-corrected chi connectivity index (χ4v) is 2.35. The SMILES string of the molecule is C[C@H]1CN(C(=O)CNC(=O)c2ccc(Cl)c(Cl)c2)CCO1. The van der Waals surface area contributed by atoms with E-state index in [1.807, 2.05) is 6.92 Å². The lowest BCUT2D eigenvalue weighted by Crippen LogP contribution is -2.48. The number of benzene rings is 1. The van der Waals surface area contributed by atoms with E-state index in [0.29, 0.717) is 35.3 Å². The van der Waals surface area contributed by atoms with Gasteiger partial charge in [0.15, 0.2) is 0 Å². The molecule has 0 unspecified atom stereocenters. The monoisotopic (exact) mass is 330 g/mol. The van der Waals surface area contributed by atoms with Gasteiger partial charge in [0.2, 0.25) is 5.91 Å². The van der Waals surface area contributed by atoms with E-state index < -0.39 is 0 Å². The molecule has 1 saturated heterocycles. The van der Waals surface area contributed by atoms with Crippen molar-refractivity contribution in [2.45, 2.75) is 13.0 Å². The number of amides is 2. The smallest absolute Gasteiger partial charge is 0.251 e. The Labute approximate surface area is 133 Å². The number of ether oxygens (including phenoxy) is 1. The standard InChI is InChI=1S/C14H16Cl2N2O3/c1-9-8-18(4-5-21-9)13(19)7-17-14(20)10-2-3-11(15)12(16)6-10/h2-3,6,9H,4-5,7-8H2,1H3,(H,17,20)/t9-/m0/s1. The molecule has 114 valence electrons. The van der Waals surface area contributed by atoms with Crippen LogP contribution in [0.3, 0.4) is 0 Å². The summed E-state index contributed by atoms with van der Waals surface area (Å²) in [7, 11) is 0. The molecule has 1 N–H and O–H groups in total. The maximum atomic E-state index is 12.0. The molecule has 1 aliphatic rings. The van der Waals surface area contributed by atoms with E-state index in [9.17, 15) is 9.59 Å². The quantitative estimate of drug-likeness (QED) is 0.921. The average molecular weight is 331 g/mol. The van der Waals surface area contributed by atoms with Crippen molar-refractivity contribution in [1.82, 2.24) is 10.2 Å². The second-order valence-corrected chi connectivity index (χ2v) is 5.65. The van der Waals surface area contributed by atoms with Crippen molar-refractivity contribution in [3.8, 4) is 0 Å². The predicted molar refractivity (Wildman–Crippen MR) is 80.8 cm³/mol. The number of carbonyl (C=O) groups is 2. The zero-order valence-electron chi connectivity index (χ0n) is 11.6. The van der Waals surface area contributed by atoms with Crippen LogP contribution >= 0.6 is 23.2 Å². The summed E-state index contributed by atoms with van der Waals surface area (Å²) in [5.41, 5.74) is 0.368. The van der Waals surface area contributed by atoms with Crippen molar-refractivity contribution in [2.75, 3.05) is 26.2 Å². The third-order valence-electron chi connectivity index (χ3n) is 3.18. The van der Waals surface area contributed by atoms with Crippen LogP contribution in [0.1, 0.15) is 17.3 Å². The highest BCUT2D eigenvalue weighted by atomic mass is 35.5. The number of carbonyl (C=O) groups excluding carboxylic acids is 2. The average Bonchev–Trinajstić information content (AvgIpc) is 2.47. The highest BCUT2D eigenvalue weighted by Gasteiger charge is 2.21. The minimum absolute atomic E-state index is 0.0217. The second kappa shape index (κ2) is 7.11. The number of hydrogen-bond acceptors (Lipinski definition) is 3. The maximum absolute atomic E-state index is 12.0. The van der Waals surface area contributed by atoms with Crippen LogP contribution in [-0.4, -0.2) is 49.1 Å². The zero-order chi connectivity index (χ0) is 15.4. The van der Waals surface area contributed by atoms with Crippen molar-refractivity contribution in [1.29, 1.82) is 0 Å². The van der Waals surface area contributed by atoms with Crippen molar-refractivity contribution in [3.05, 3.63) is 33.8 Å². The van der Waals surface area contributed by atoms with Crippen LogP contribution in [0.15, 0.2) is 18.2 Å². The van der Waals surface area contributed by atoms with Gasteiger partial charge in [-0.3, -0.25) is 9.59 Å². The molecule has 1 aromatic carbocycles. The first-order valence-corrected chi connectivity index (χ1v) is 7.35. The molecule has 0 aromatic heterocycles. The van der Waals surface area contributed by atoms with Crippen LogP contribution < -0.4 is 5.32 Å². The van der Waals surface area contributed by atoms with Gasteiger partial charge in [-0.2, -0.15) is 0 Å². The molecule has 5 nitrogen and oxygen atoms in total. The summed E-state index contributed by atoms with van der Waals surface area (Å²) in [5.74, 6) is -0.484. The largest absolute Gasteiger partial charge is 0.375 e. The predicted octanol–water partition coefficient (Wildman–Crippen LogP) is 1.97. The van der Waals surface area contributed by atoms with Crippen molar-refractivity contribution in [3.63, 3.8) is 0 Å². The number of hydrogen-bond donors (Lipinski definition) is 1. The van der Waals surface area contributed by atoms with E-state index in [-0.39, 0.29) is 24.5 Å². The number of morpholine rings is 1. The van der Waals surface area contributed by atoms with Gasteiger partial charge in [-0.05, 0) is 25.1 Å². The van der Waals surface area contributed by atoms with Crippen LogP contribution in [0.25, 0.3) is 0 Å². The number of halogens is 2. The van der Waals surface area contributed by atoms with Crippen LogP contribution in [0.5, 0.6) is 0 Å². The van der Waals surface area contributed by atoms with Gasteiger partial charge >= 0.3 is 0 Å². The van der Waals surface area contributed by atoms with Gasteiger partial charge < -0.3 is 15.0 Å². The van der Waals surface area contributed by atoms with Gasteiger partial charge in [0, 0.05) is 18.7 Å². The highest BCUT2D eigenvalue weighted by molar-refractivity contribution is 6.42. The van der Waals surface area contributed by atoms with Crippen LogP contribution in [0, 0.1) is 0 Å². The molecule has 2 rings (SSSR count). The van der Waals surface area contributed by atoms with Gasteiger partial charge in [-0.15, -0.1) is 0 Å². The summed E-state index contributed by atoms with van der Waals surface area (Å²) in [6.45, 7) is 3.47. The Kier molecular flexibility index (Phi) is 5.45. The molecule has 1 atom stereocenters. The lowest BCUT2D eigenvalue weighted by Gasteiger charge is -2.31. The van der Waals surface area contributed by atoms with Crippen molar-refractivity contribution >= 4 is 35.0 Å². The molecule has 1 heterocycles. The van der Waals surface area contributed by atoms with Crippen LogP contribution in [0.2, 0.25) is 10.0 Å². The molecule has 1 aliphatic heterocycles. The summed E-state index contributed by atoms with van der Waals surface area (Å²) in [6, 6.07) is 4.58. The summed E-state index contributed by atoms with van der Waals surface area (Å²) in [4.78, 5) is 25.6. The molecular formula is C14H16Cl2N2O3. The highest BCUT2D eigenvalue weighted by Crippen LogP contribution is 2.22. The first-order valence-electron chi connectivity index (χ1n) is 6.60. The van der Waals surface area contributed by atoms with Gasteiger partial charge in [-0.1, -0.05) is 23.2 Å². The molecule has 21 heavy (non-hydrogen) atoms. The summed E-state index contributed by atoms with van der Waals surface area (Å²) in [5, 5.41) is 3.27. The van der Waals surface area contributed by atoms with Gasteiger partial charge in [0.1, 0.15) is 0 Å². The maximum Gasteiger partial charge on any atom is 0.251 e. The third kappa shape index (κ3) is 4.33. The third-order valence-corrected chi connectivity index (χ3v) is 3.91. The lowest BCUT2D eigenvalue weighted by atomic mass is 10.2. The Bertz CT molecular complexity index is 551. The fraction of sp³-hybridized carbons (Fsp3) is 0.429. The van der Waals surface area contributed by atoms with Crippen LogP contribution in [-0.2, 0) is 9.53 Å². The molecule has 1 fully saturated rings. The van der Waals surface area contributed by atoms with Gasteiger partial charge in [0.05, 0.1) is 29.3 Å². The Morgan fingerprint density at radius 3 is 2.81 bits per heavy atom. The van der Waals surface area contributed by atoms with Crippen molar-refractivity contribution < 1.29 is 14.3 Å². The van der Waals surface area contributed by atoms with E-state index in [2.05, 4.69) is 5.32 Å². The molecular weight excluding hydrogens is 315 g/mol. The molecule has 0 bridgehead atoms. The molecule has 0 saturated carbocycles. The number of nitrogens with one attached hydrogen (secondary N) is 1. The Balaban J connectivity index is 1.88. The second-order valence-electron chi connectivity index (χ2n) is 4.83. The van der Waals surface area contributed by atoms with Gasteiger partial charge in [0.25, 0.3) is 5.91 Å². The first kappa shape index (κ1) is 16.1. The first-order chi connectivity index (χ1) is 9.97. The molecule has 0 aliphatic carbocycles. The normalized spacial score (nSPS) is 18.4. The molecule has 2 amide bonds. The Morgan fingerprint density at radius 2 is 2.14 bits per heavy atom. The van der Waals surface area contributed by atoms with E-state index in [0.717, 1.165) is 0 Å². The minimum Gasteiger partial charge on any atom is -0.375 e. The van der Waals surface area contributed by atoms with Gasteiger partial charge in [-0.25, -0.2) is 0 Å². The van der Waals surface area contributed by atoms with E-state index >= 15 is 0 Å².